The SMILES string of the molecule is CC1CCN(C(CNC(=O)c2cc(-c3ccc(Br)cc3)on2)c2ccco2)CC1. The molecule has 1 unspecified atom stereocenters. The molecule has 0 bridgehead atoms. The number of piperidine rings is 1. The lowest BCUT2D eigenvalue weighted by Crippen LogP contribution is -2.41. The normalized spacial score (nSPS) is 16.6. The number of halogens is 1. The minimum atomic E-state index is -0.251. The van der Waals surface area contributed by atoms with E-state index < -0.39 is 0 Å². The summed E-state index contributed by atoms with van der Waals surface area (Å²) < 4.78 is 12.0. The van der Waals surface area contributed by atoms with Gasteiger partial charge in [0.2, 0.25) is 0 Å². The van der Waals surface area contributed by atoms with Gasteiger partial charge in [0, 0.05) is 22.6 Å². The summed E-state index contributed by atoms with van der Waals surface area (Å²) >= 11 is 3.41. The molecule has 0 saturated carbocycles. The predicted molar refractivity (Wildman–Crippen MR) is 113 cm³/mol. The van der Waals surface area contributed by atoms with E-state index in [9.17, 15) is 4.79 Å². The molecule has 1 aliphatic rings. The third-order valence-electron chi connectivity index (χ3n) is 5.46. The van der Waals surface area contributed by atoms with Gasteiger partial charge in [-0.2, -0.15) is 0 Å². The minimum Gasteiger partial charge on any atom is -0.468 e. The molecule has 0 aliphatic carbocycles. The average Bonchev–Trinajstić information content (AvgIpc) is 3.42. The van der Waals surface area contributed by atoms with Gasteiger partial charge < -0.3 is 14.3 Å². The van der Waals surface area contributed by atoms with Crippen LogP contribution in [0.2, 0.25) is 0 Å². The van der Waals surface area contributed by atoms with E-state index in [-0.39, 0.29) is 17.6 Å². The maximum absolute atomic E-state index is 12.7. The molecule has 6 nitrogen and oxygen atoms in total. The highest BCUT2D eigenvalue weighted by Gasteiger charge is 2.27. The van der Waals surface area contributed by atoms with Crippen molar-refractivity contribution in [2.75, 3.05) is 19.6 Å². The molecular weight excluding hydrogens is 434 g/mol. The van der Waals surface area contributed by atoms with Crippen LogP contribution in [0.4, 0.5) is 0 Å². The molecule has 29 heavy (non-hydrogen) atoms. The zero-order chi connectivity index (χ0) is 20.2. The second-order valence-electron chi connectivity index (χ2n) is 7.54. The van der Waals surface area contributed by atoms with Gasteiger partial charge in [-0.05, 0) is 56.1 Å². The van der Waals surface area contributed by atoms with Crippen molar-refractivity contribution >= 4 is 21.8 Å². The fourth-order valence-corrected chi connectivity index (χ4v) is 3.91. The second-order valence-corrected chi connectivity index (χ2v) is 8.46. The maximum atomic E-state index is 12.7. The molecule has 0 spiro atoms. The predicted octanol–water partition coefficient (Wildman–Crippen LogP) is 4.90. The molecule has 3 aromatic rings. The molecule has 3 heterocycles. The quantitative estimate of drug-likeness (QED) is 0.569. The summed E-state index contributed by atoms with van der Waals surface area (Å²) in [6.07, 6.45) is 3.99. The number of furan rings is 1. The summed E-state index contributed by atoms with van der Waals surface area (Å²) in [5, 5.41) is 6.94. The number of aromatic nitrogens is 1. The Morgan fingerprint density at radius 1 is 1.28 bits per heavy atom. The van der Waals surface area contributed by atoms with Gasteiger partial charge in [-0.15, -0.1) is 0 Å². The Balaban J connectivity index is 1.42. The van der Waals surface area contributed by atoms with E-state index in [2.05, 4.69) is 38.2 Å². The lowest BCUT2D eigenvalue weighted by Gasteiger charge is -2.35. The summed E-state index contributed by atoms with van der Waals surface area (Å²) in [6.45, 7) is 4.75. The standard InChI is InChI=1S/C22H24BrN3O3/c1-15-8-10-26(11-9-15)19(20-3-2-12-28-20)14-24-22(27)18-13-21(29-25-18)16-4-6-17(23)7-5-16/h2-7,12-13,15,19H,8-11,14H2,1H3,(H,24,27). The van der Waals surface area contributed by atoms with Crippen LogP contribution in [0.3, 0.4) is 0 Å². The van der Waals surface area contributed by atoms with Crippen LogP contribution in [0.1, 0.15) is 42.1 Å². The number of nitrogens with zero attached hydrogens (tertiary/aromatic N) is 2. The minimum absolute atomic E-state index is 0.0132. The van der Waals surface area contributed by atoms with E-state index in [1.807, 2.05) is 36.4 Å². The van der Waals surface area contributed by atoms with E-state index >= 15 is 0 Å². The maximum Gasteiger partial charge on any atom is 0.273 e. The van der Waals surface area contributed by atoms with Crippen molar-refractivity contribution < 1.29 is 13.7 Å². The van der Waals surface area contributed by atoms with Crippen molar-refractivity contribution in [3.05, 3.63) is 64.7 Å². The molecule has 1 amide bonds. The molecule has 1 aromatic carbocycles. The molecule has 1 fully saturated rings. The van der Waals surface area contributed by atoms with Gasteiger partial charge in [-0.25, -0.2) is 0 Å². The largest absolute Gasteiger partial charge is 0.468 e. The van der Waals surface area contributed by atoms with E-state index in [1.54, 1.807) is 12.3 Å². The highest BCUT2D eigenvalue weighted by atomic mass is 79.9. The van der Waals surface area contributed by atoms with Gasteiger partial charge in [0.1, 0.15) is 5.76 Å². The van der Waals surface area contributed by atoms with Gasteiger partial charge >= 0.3 is 0 Å². The Hall–Kier alpha value is -2.38. The molecule has 1 atom stereocenters. The summed E-state index contributed by atoms with van der Waals surface area (Å²) in [5.74, 6) is 1.93. The van der Waals surface area contributed by atoms with Crippen molar-refractivity contribution in [3.8, 4) is 11.3 Å². The zero-order valence-corrected chi connectivity index (χ0v) is 17.9. The number of nitrogens with one attached hydrogen (secondary N) is 1. The summed E-state index contributed by atoms with van der Waals surface area (Å²) in [7, 11) is 0. The Kier molecular flexibility index (Phi) is 6.16. The Morgan fingerprint density at radius 2 is 2.03 bits per heavy atom. The first-order valence-corrected chi connectivity index (χ1v) is 10.7. The average molecular weight is 458 g/mol. The Morgan fingerprint density at radius 3 is 2.72 bits per heavy atom. The molecule has 7 heteroatoms. The molecular formula is C22H24BrN3O3. The van der Waals surface area contributed by atoms with Gasteiger partial charge in [-0.3, -0.25) is 9.69 Å². The molecule has 4 rings (SSSR count). The van der Waals surface area contributed by atoms with Crippen molar-refractivity contribution in [3.63, 3.8) is 0 Å². The van der Waals surface area contributed by atoms with E-state index in [1.165, 1.54) is 0 Å². The third-order valence-corrected chi connectivity index (χ3v) is 5.99. The number of hydrogen-bond acceptors (Lipinski definition) is 5. The van der Waals surface area contributed by atoms with Crippen LogP contribution in [0.25, 0.3) is 11.3 Å². The van der Waals surface area contributed by atoms with Crippen molar-refractivity contribution in [2.45, 2.75) is 25.8 Å². The smallest absolute Gasteiger partial charge is 0.273 e. The number of benzene rings is 1. The number of carbonyl (C=O) groups is 1. The first-order chi connectivity index (χ1) is 14.1. The van der Waals surface area contributed by atoms with Crippen LogP contribution in [0, 0.1) is 5.92 Å². The molecule has 1 saturated heterocycles. The van der Waals surface area contributed by atoms with Crippen LogP contribution in [-0.2, 0) is 0 Å². The van der Waals surface area contributed by atoms with E-state index in [4.69, 9.17) is 8.94 Å². The van der Waals surface area contributed by atoms with Crippen molar-refractivity contribution in [2.24, 2.45) is 5.92 Å². The molecule has 1 aliphatic heterocycles. The van der Waals surface area contributed by atoms with Crippen molar-refractivity contribution in [1.29, 1.82) is 0 Å². The van der Waals surface area contributed by atoms with Crippen LogP contribution < -0.4 is 5.32 Å². The van der Waals surface area contributed by atoms with E-state index in [0.717, 1.165) is 47.6 Å². The second kappa shape index (κ2) is 8.97. The molecule has 1 N–H and O–H groups in total. The number of hydrogen-bond donors (Lipinski definition) is 1. The van der Waals surface area contributed by atoms with Gasteiger partial charge in [0.05, 0.1) is 12.3 Å². The number of carbonyl (C=O) groups excluding carboxylic acids is 1. The highest BCUT2D eigenvalue weighted by molar-refractivity contribution is 9.10. The molecule has 2 aromatic heterocycles. The Bertz CT molecular complexity index is 929. The Labute approximate surface area is 178 Å². The summed E-state index contributed by atoms with van der Waals surface area (Å²) in [5.41, 5.74) is 1.14. The number of likely N-dealkylation sites (tertiary alicyclic amines) is 1. The fourth-order valence-electron chi connectivity index (χ4n) is 3.64. The lowest BCUT2D eigenvalue weighted by molar-refractivity contribution is 0.0887. The van der Waals surface area contributed by atoms with Crippen LogP contribution in [0.15, 0.2) is 62.1 Å². The zero-order valence-electron chi connectivity index (χ0n) is 16.3. The lowest BCUT2D eigenvalue weighted by atomic mass is 9.97. The van der Waals surface area contributed by atoms with E-state index in [0.29, 0.717) is 12.3 Å². The van der Waals surface area contributed by atoms with Crippen LogP contribution >= 0.6 is 15.9 Å². The summed E-state index contributed by atoms with van der Waals surface area (Å²) in [4.78, 5) is 15.0. The third kappa shape index (κ3) is 4.79. The van der Waals surface area contributed by atoms with Crippen LogP contribution in [-0.4, -0.2) is 35.6 Å². The number of amides is 1. The highest BCUT2D eigenvalue weighted by Crippen LogP contribution is 2.27. The topological polar surface area (TPSA) is 71.5 Å². The number of rotatable bonds is 6. The first-order valence-electron chi connectivity index (χ1n) is 9.88. The fraction of sp³-hybridized carbons (Fsp3) is 0.364. The van der Waals surface area contributed by atoms with Gasteiger partial charge in [-0.1, -0.05) is 40.1 Å². The molecule has 0 radical (unpaired) electrons. The van der Waals surface area contributed by atoms with Crippen molar-refractivity contribution in [1.82, 2.24) is 15.4 Å². The first kappa shape index (κ1) is 19.9. The van der Waals surface area contributed by atoms with Gasteiger partial charge in [0.25, 0.3) is 5.91 Å². The van der Waals surface area contributed by atoms with Crippen LogP contribution in [0.5, 0.6) is 0 Å². The summed E-state index contributed by atoms with van der Waals surface area (Å²) in [6, 6.07) is 13.2. The molecule has 152 valence electrons. The monoisotopic (exact) mass is 457 g/mol. The van der Waals surface area contributed by atoms with Gasteiger partial charge in [0.15, 0.2) is 11.5 Å².